The quantitative estimate of drug-likeness (QED) is 0.179. The molecular weight excluding hydrogens is 556 g/mol. The van der Waals surface area contributed by atoms with Gasteiger partial charge in [-0.25, -0.2) is 9.59 Å². The molecule has 0 fully saturated rings. The summed E-state index contributed by atoms with van der Waals surface area (Å²) < 4.78 is 10.3. The summed E-state index contributed by atoms with van der Waals surface area (Å²) in [4.78, 5) is 57.7. The molecule has 2 amide bonds. The summed E-state index contributed by atoms with van der Waals surface area (Å²) in [6.07, 6.45) is 0. The lowest BCUT2D eigenvalue weighted by Gasteiger charge is -2.29. The molecule has 0 radical (unpaired) electrons. The van der Waals surface area contributed by atoms with Crippen LogP contribution in [0, 0.1) is 0 Å². The summed E-state index contributed by atoms with van der Waals surface area (Å²) in [7, 11) is 2.44. The van der Waals surface area contributed by atoms with Gasteiger partial charge in [-0.1, -0.05) is 72.8 Å². The van der Waals surface area contributed by atoms with Crippen LogP contribution in [0.2, 0.25) is 0 Å². The molecule has 44 heavy (non-hydrogen) atoms. The number of carbonyl (C=O) groups excluding carboxylic acids is 4. The first-order valence-corrected chi connectivity index (χ1v) is 13.7. The summed E-state index contributed by atoms with van der Waals surface area (Å²) >= 11 is 0. The Bertz CT molecular complexity index is 1660. The normalized spacial score (nSPS) is 10.4. The zero-order valence-electron chi connectivity index (χ0n) is 24.0. The van der Waals surface area contributed by atoms with E-state index in [-0.39, 0.29) is 22.5 Å². The summed E-state index contributed by atoms with van der Waals surface area (Å²) in [5, 5.41) is 0. The Kier molecular flexibility index (Phi) is 8.91. The van der Waals surface area contributed by atoms with Crippen LogP contribution in [0.1, 0.15) is 41.4 Å². The van der Waals surface area contributed by atoms with Gasteiger partial charge in [0.1, 0.15) is 0 Å². The summed E-state index contributed by atoms with van der Waals surface area (Å²) in [6, 6.07) is 37.3. The topological polar surface area (TPSA) is 93.2 Å². The Morgan fingerprint density at radius 1 is 0.455 bits per heavy atom. The third-order valence-electron chi connectivity index (χ3n) is 6.88. The molecule has 0 aromatic heterocycles. The number of hydrogen-bond acceptors (Lipinski definition) is 6. The highest BCUT2D eigenvalue weighted by atomic mass is 16.5. The third-order valence-corrected chi connectivity index (χ3v) is 6.88. The largest absolute Gasteiger partial charge is 0.465 e. The van der Waals surface area contributed by atoms with Crippen molar-refractivity contribution in [2.75, 3.05) is 24.0 Å². The molecule has 8 heteroatoms. The maximum absolute atomic E-state index is 14.1. The number of methoxy groups -OCH3 is 2. The molecule has 0 aliphatic heterocycles. The summed E-state index contributed by atoms with van der Waals surface area (Å²) in [5.41, 5.74) is 1.62. The van der Waals surface area contributed by atoms with E-state index in [4.69, 9.17) is 9.47 Å². The van der Waals surface area contributed by atoms with E-state index in [0.29, 0.717) is 22.5 Å². The van der Waals surface area contributed by atoms with E-state index in [1.54, 1.807) is 121 Å². The predicted octanol–water partition coefficient (Wildman–Crippen LogP) is 7.22. The van der Waals surface area contributed by atoms with Gasteiger partial charge in [0.2, 0.25) is 0 Å². The number of rotatable bonds is 8. The van der Waals surface area contributed by atoms with Crippen LogP contribution in [0.4, 0.5) is 22.7 Å². The average molecular weight is 585 g/mol. The molecule has 8 nitrogen and oxygen atoms in total. The number of para-hydroxylation sites is 2. The standard InChI is InChI=1S/C36H28N2O6/c1-43-35(41)29-23-32(38(28-21-13-6-14-22-28)34(40)26-17-9-4-10-18-26)30(36(42)44-2)24-31(29)37(27-19-11-5-12-20-27)33(39)25-15-7-3-8-16-25/h3-24H,1-2H3. The molecule has 0 heterocycles. The first-order valence-electron chi connectivity index (χ1n) is 13.7. The van der Waals surface area contributed by atoms with Crippen LogP contribution < -0.4 is 9.80 Å². The van der Waals surface area contributed by atoms with Crippen molar-refractivity contribution in [1.29, 1.82) is 0 Å². The first-order chi connectivity index (χ1) is 21.4. The number of nitrogens with zero attached hydrogens (tertiary/aromatic N) is 2. The maximum Gasteiger partial charge on any atom is 0.340 e. The van der Waals surface area contributed by atoms with E-state index in [2.05, 4.69) is 0 Å². The number of hydrogen-bond donors (Lipinski definition) is 0. The van der Waals surface area contributed by atoms with Crippen LogP contribution in [-0.4, -0.2) is 38.0 Å². The molecule has 0 aliphatic carbocycles. The van der Waals surface area contributed by atoms with E-state index in [9.17, 15) is 19.2 Å². The van der Waals surface area contributed by atoms with Gasteiger partial charge in [-0.3, -0.25) is 19.4 Å². The van der Waals surface area contributed by atoms with Gasteiger partial charge in [-0.2, -0.15) is 0 Å². The van der Waals surface area contributed by atoms with E-state index in [1.807, 2.05) is 0 Å². The Labute approximate surface area is 254 Å². The van der Waals surface area contributed by atoms with Crippen LogP contribution >= 0.6 is 0 Å². The van der Waals surface area contributed by atoms with Crippen molar-refractivity contribution < 1.29 is 28.7 Å². The molecular formula is C36H28N2O6. The number of ether oxygens (including phenoxy) is 2. The molecule has 5 rings (SSSR count). The maximum atomic E-state index is 14.1. The van der Waals surface area contributed by atoms with Crippen LogP contribution in [0.3, 0.4) is 0 Å². The van der Waals surface area contributed by atoms with Crippen molar-refractivity contribution in [3.63, 3.8) is 0 Å². The minimum Gasteiger partial charge on any atom is -0.465 e. The van der Waals surface area contributed by atoms with Gasteiger partial charge in [0.15, 0.2) is 0 Å². The molecule has 218 valence electrons. The molecule has 0 N–H and O–H groups in total. The second kappa shape index (κ2) is 13.3. The predicted molar refractivity (Wildman–Crippen MR) is 168 cm³/mol. The lowest BCUT2D eigenvalue weighted by Crippen LogP contribution is -2.31. The molecule has 5 aromatic rings. The van der Waals surface area contributed by atoms with Crippen LogP contribution in [0.25, 0.3) is 0 Å². The molecule has 0 aliphatic rings. The number of esters is 2. The van der Waals surface area contributed by atoms with Crippen molar-refractivity contribution in [3.05, 3.63) is 156 Å². The third kappa shape index (κ3) is 5.96. The van der Waals surface area contributed by atoms with Crippen molar-refractivity contribution in [3.8, 4) is 0 Å². The van der Waals surface area contributed by atoms with Crippen molar-refractivity contribution >= 4 is 46.5 Å². The average Bonchev–Trinajstić information content (AvgIpc) is 3.09. The Morgan fingerprint density at radius 2 is 0.750 bits per heavy atom. The number of anilines is 4. The minimum atomic E-state index is -0.778. The molecule has 0 bridgehead atoms. The van der Waals surface area contributed by atoms with E-state index in [0.717, 1.165) is 0 Å². The van der Waals surface area contributed by atoms with Crippen molar-refractivity contribution in [1.82, 2.24) is 0 Å². The Hall–Kier alpha value is -6.02. The van der Waals surface area contributed by atoms with Gasteiger partial charge in [-0.05, 0) is 60.7 Å². The van der Waals surface area contributed by atoms with Gasteiger partial charge in [0, 0.05) is 22.5 Å². The molecule has 0 unspecified atom stereocenters. The lowest BCUT2D eigenvalue weighted by atomic mass is 10.0. The van der Waals surface area contributed by atoms with Gasteiger partial charge in [0.25, 0.3) is 11.8 Å². The number of amides is 2. The van der Waals surface area contributed by atoms with Gasteiger partial charge < -0.3 is 9.47 Å². The highest BCUT2D eigenvalue weighted by Crippen LogP contribution is 2.39. The van der Waals surface area contributed by atoms with Crippen molar-refractivity contribution in [2.45, 2.75) is 0 Å². The fourth-order valence-electron chi connectivity index (χ4n) is 4.80. The van der Waals surface area contributed by atoms with E-state index in [1.165, 1.54) is 36.2 Å². The molecule has 0 saturated heterocycles. The molecule has 0 saturated carbocycles. The zero-order valence-corrected chi connectivity index (χ0v) is 24.0. The van der Waals surface area contributed by atoms with Gasteiger partial charge in [0.05, 0.1) is 36.7 Å². The van der Waals surface area contributed by atoms with E-state index >= 15 is 0 Å². The summed E-state index contributed by atoms with van der Waals surface area (Å²) in [6.45, 7) is 0. The second-order valence-electron chi connectivity index (χ2n) is 9.55. The van der Waals surface area contributed by atoms with Crippen LogP contribution in [0.15, 0.2) is 133 Å². The Balaban J connectivity index is 1.82. The second-order valence-corrected chi connectivity index (χ2v) is 9.55. The Morgan fingerprint density at radius 3 is 1.05 bits per heavy atom. The van der Waals surface area contributed by atoms with Crippen molar-refractivity contribution in [2.24, 2.45) is 0 Å². The smallest absolute Gasteiger partial charge is 0.340 e. The van der Waals surface area contributed by atoms with Gasteiger partial charge >= 0.3 is 11.9 Å². The minimum absolute atomic E-state index is 0.0509. The summed E-state index contributed by atoms with van der Waals surface area (Å²) in [5.74, 6) is -2.46. The molecule has 5 aromatic carbocycles. The van der Waals surface area contributed by atoms with Gasteiger partial charge in [-0.15, -0.1) is 0 Å². The highest BCUT2D eigenvalue weighted by molar-refractivity contribution is 6.18. The fourth-order valence-corrected chi connectivity index (χ4v) is 4.80. The van der Waals surface area contributed by atoms with Crippen LogP contribution in [-0.2, 0) is 9.47 Å². The SMILES string of the molecule is COC(=O)c1cc(N(C(=O)c2ccccc2)c2ccccc2)c(C(=O)OC)cc1N(C(=O)c1ccccc1)c1ccccc1. The van der Waals surface area contributed by atoms with E-state index < -0.39 is 23.8 Å². The molecule has 0 atom stereocenters. The highest BCUT2D eigenvalue weighted by Gasteiger charge is 2.32. The number of benzene rings is 5. The lowest BCUT2D eigenvalue weighted by molar-refractivity contribution is 0.0587. The first kappa shape index (κ1) is 29.5. The zero-order chi connectivity index (χ0) is 31.1. The monoisotopic (exact) mass is 584 g/mol. The molecule has 0 spiro atoms. The number of carbonyl (C=O) groups is 4. The fraction of sp³-hybridized carbons (Fsp3) is 0.0556. The van der Waals surface area contributed by atoms with Crippen LogP contribution in [0.5, 0.6) is 0 Å².